The fourth-order valence-electron chi connectivity index (χ4n) is 3.97. The maximum Gasteiger partial charge on any atom is 0.191 e. The second kappa shape index (κ2) is 11.6. The molecule has 2 fully saturated rings. The van der Waals surface area contributed by atoms with Crippen molar-refractivity contribution in [3.63, 3.8) is 0 Å². The molecular weight excluding hydrogens is 425 g/mol. The third-order valence-electron chi connectivity index (χ3n) is 6.06. The molecule has 5 nitrogen and oxygen atoms in total. The summed E-state index contributed by atoms with van der Waals surface area (Å²) >= 11 is 0. The molecule has 0 spiro atoms. The summed E-state index contributed by atoms with van der Waals surface area (Å²) in [7, 11) is 2.21. The number of halogens is 1. The third kappa shape index (κ3) is 7.21. The molecule has 1 saturated heterocycles. The van der Waals surface area contributed by atoms with Crippen LogP contribution in [-0.2, 0) is 0 Å². The molecule has 1 atom stereocenters. The van der Waals surface area contributed by atoms with Crippen molar-refractivity contribution in [3.8, 4) is 0 Å². The molecule has 2 aliphatic rings. The molecule has 1 heterocycles. The second-order valence-corrected chi connectivity index (χ2v) is 7.82. The van der Waals surface area contributed by atoms with E-state index in [0.29, 0.717) is 11.5 Å². The van der Waals surface area contributed by atoms with Crippen molar-refractivity contribution in [2.24, 2.45) is 10.4 Å². The Balaban J connectivity index is 0.00000312. The van der Waals surface area contributed by atoms with Gasteiger partial charge in [-0.15, -0.1) is 24.0 Å². The number of nitrogens with zero attached hydrogens (tertiary/aromatic N) is 3. The number of hydrogen-bond donors (Lipinski definition) is 2. The Labute approximate surface area is 172 Å². The first-order chi connectivity index (χ1) is 11.6. The van der Waals surface area contributed by atoms with Crippen LogP contribution in [0.4, 0.5) is 0 Å². The number of hydrogen-bond acceptors (Lipinski definition) is 3. The molecule has 0 radical (unpaired) electrons. The smallest absolute Gasteiger partial charge is 0.191 e. The predicted molar refractivity (Wildman–Crippen MR) is 119 cm³/mol. The molecule has 1 saturated carbocycles. The Hall–Kier alpha value is -0.0800. The van der Waals surface area contributed by atoms with Crippen LogP contribution in [0.25, 0.3) is 0 Å². The van der Waals surface area contributed by atoms with E-state index in [0.717, 1.165) is 25.6 Å². The maximum atomic E-state index is 4.94. The maximum absolute atomic E-state index is 4.94. The number of rotatable bonds is 7. The van der Waals surface area contributed by atoms with Crippen molar-refractivity contribution in [1.29, 1.82) is 0 Å². The average molecular weight is 465 g/mol. The minimum atomic E-state index is 0. The standard InChI is InChI=1S/C19H39N5.HI/c1-5-19(9-7-8-10-19)16-22-18(20-6-2)21-15-17(3)24-13-11-23(4)12-14-24;/h17H,5-16H2,1-4H3,(H2,20,21,22);1H. The van der Waals surface area contributed by atoms with Gasteiger partial charge in [0, 0.05) is 51.9 Å². The van der Waals surface area contributed by atoms with Gasteiger partial charge < -0.3 is 15.5 Å². The minimum absolute atomic E-state index is 0. The Morgan fingerprint density at radius 3 is 2.28 bits per heavy atom. The quantitative estimate of drug-likeness (QED) is 0.345. The highest BCUT2D eigenvalue weighted by atomic mass is 127. The van der Waals surface area contributed by atoms with E-state index in [9.17, 15) is 0 Å². The van der Waals surface area contributed by atoms with Crippen molar-refractivity contribution < 1.29 is 0 Å². The van der Waals surface area contributed by atoms with Crippen molar-refractivity contribution in [2.45, 2.75) is 58.9 Å². The topological polar surface area (TPSA) is 42.9 Å². The van der Waals surface area contributed by atoms with Crippen LogP contribution in [0.15, 0.2) is 4.99 Å². The van der Waals surface area contributed by atoms with E-state index < -0.39 is 0 Å². The molecule has 0 bridgehead atoms. The fraction of sp³-hybridized carbons (Fsp3) is 0.947. The van der Waals surface area contributed by atoms with Crippen LogP contribution < -0.4 is 10.6 Å². The SMILES string of the molecule is CCNC(=NCC1(CC)CCCC1)NCC(C)N1CCN(C)CC1.I. The zero-order valence-electron chi connectivity index (χ0n) is 16.8. The predicted octanol–water partition coefficient (Wildman–Crippen LogP) is 2.77. The van der Waals surface area contributed by atoms with Crippen LogP contribution in [0, 0.1) is 5.41 Å². The van der Waals surface area contributed by atoms with Crippen molar-refractivity contribution in [2.75, 3.05) is 52.9 Å². The number of nitrogens with one attached hydrogen (secondary N) is 2. The Morgan fingerprint density at radius 2 is 1.72 bits per heavy atom. The molecule has 0 aromatic heterocycles. The average Bonchev–Trinajstić information content (AvgIpc) is 3.07. The van der Waals surface area contributed by atoms with Crippen molar-refractivity contribution in [1.82, 2.24) is 20.4 Å². The summed E-state index contributed by atoms with van der Waals surface area (Å²) in [5.74, 6) is 0.998. The van der Waals surface area contributed by atoms with E-state index in [2.05, 4.69) is 48.3 Å². The van der Waals surface area contributed by atoms with Gasteiger partial charge in [-0.25, -0.2) is 0 Å². The monoisotopic (exact) mass is 465 g/mol. The Morgan fingerprint density at radius 1 is 1.08 bits per heavy atom. The zero-order chi connectivity index (χ0) is 17.4. The van der Waals surface area contributed by atoms with Crippen molar-refractivity contribution >= 4 is 29.9 Å². The van der Waals surface area contributed by atoms with Crippen LogP contribution >= 0.6 is 24.0 Å². The number of piperazine rings is 1. The fourth-order valence-corrected chi connectivity index (χ4v) is 3.97. The Bertz CT molecular complexity index is 387. The summed E-state index contributed by atoms with van der Waals surface area (Å²) in [5.41, 5.74) is 0.464. The van der Waals surface area contributed by atoms with E-state index in [4.69, 9.17) is 4.99 Å². The van der Waals surface area contributed by atoms with Crippen LogP contribution in [0.1, 0.15) is 52.9 Å². The second-order valence-electron chi connectivity index (χ2n) is 7.82. The molecule has 0 aromatic rings. The first kappa shape index (κ1) is 23.0. The lowest BCUT2D eigenvalue weighted by Crippen LogP contribution is -2.52. The summed E-state index contributed by atoms with van der Waals surface area (Å²) < 4.78 is 0. The lowest BCUT2D eigenvalue weighted by Gasteiger charge is -2.36. The molecule has 6 heteroatoms. The first-order valence-electron chi connectivity index (χ1n) is 10.0. The first-order valence-corrected chi connectivity index (χ1v) is 10.0. The highest BCUT2D eigenvalue weighted by molar-refractivity contribution is 14.0. The number of likely N-dealkylation sites (N-methyl/N-ethyl adjacent to an activating group) is 1. The van der Waals surface area contributed by atoms with Gasteiger partial charge in [0.05, 0.1) is 0 Å². The minimum Gasteiger partial charge on any atom is -0.357 e. The lowest BCUT2D eigenvalue weighted by molar-refractivity contribution is 0.120. The summed E-state index contributed by atoms with van der Waals surface area (Å²) in [4.78, 5) is 9.93. The third-order valence-corrected chi connectivity index (χ3v) is 6.06. The van der Waals surface area contributed by atoms with Gasteiger partial charge in [-0.1, -0.05) is 19.8 Å². The van der Waals surface area contributed by atoms with Crippen LogP contribution in [0.2, 0.25) is 0 Å². The molecule has 2 N–H and O–H groups in total. The summed E-state index contributed by atoms with van der Waals surface area (Å²) in [6.07, 6.45) is 6.73. The van der Waals surface area contributed by atoms with Gasteiger partial charge in [-0.2, -0.15) is 0 Å². The summed E-state index contributed by atoms with van der Waals surface area (Å²) in [6, 6.07) is 0.550. The molecule has 1 aliphatic heterocycles. The summed E-state index contributed by atoms with van der Waals surface area (Å²) in [5, 5.41) is 7.00. The van der Waals surface area contributed by atoms with E-state index in [1.165, 1.54) is 58.3 Å². The zero-order valence-corrected chi connectivity index (χ0v) is 19.1. The molecule has 148 valence electrons. The molecule has 2 rings (SSSR count). The highest BCUT2D eigenvalue weighted by Gasteiger charge is 2.31. The summed E-state index contributed by atoms with van der Waals surface area (Å²) in [6.45, 7) is 14.4. The largest absolute Gasteiger partial charge is 0.357 e. The van der Waals surface area contributed by atoms with Crippen LogP contribution in [0.3, 0.4) is 0 Å². The normalized spacial score (nSPS) is 23.1. The van der Waals surface area contributed by atoms with E-state index >= 15 is 0 Å². The Kier molecular flexibility index (Phi) is 10.6. The van der Waals surface area contributed by atoms with E-state index in [-0.39, 0.29) is 24.0 Å². The van der Waals surface area contributed by atoms with Gasteiger partial charge in [-0.05, 0) is 45.6 Å². The van der Waals surface area contributed by atoms with Crippen molar-refractivity contribution in [3.05, 3.63) is 0 Å². The molecular formula is C19H40IN5. The van der Waals surface area contributed by atoms with Gasteiger partial charge in [0.2, 0.25) is 0 Å². The molecule has 1 aliphatic carbocycles. The van der Waals surface area contributed by atoms with Crippen LogP contribution in [-0.4, -0.2) is 74.7 Å². The number of aliphatic imine (C=N–C) groups is 1. The van der Waals surface area contributed by atoms with Gasteiger partial charge in [-0.3, -0.25) is 9.89 Å². The molecule has 1 unspecified atom stereocenters. The molecule has 0 aromatic carbocycles. The van der Waals surface area contributed by atoms with Gasteiger partial charge in [0.1, 0.15) is 0 Å². The van der Waals surface area contributed by atoms with E-state index in [1.54, 1.807) is 0 Å². The number of guanidine groups is 1. The van der Waals surface area contributed by atoms with Gasteiger partial charge in [0.25, 0.3) is 0 Å². The van der Waals surface area contributed by atoms with E-state index in [1.807, 2.05) is 0 Å². The van der Waals surface area contributed by atoms with Crippen LogP contribution in [0.5, 0.6) is 0 Å². The van der Waals surface area contributed by atoms with Gasteiger partial charge >= 0.3 is 0 Å². The molecule has 25 heavy (non-hydrogen) atoms. The lowest BCUT2D eigenvalue weighted by atomic mass is 9.84. The highest BCUT2D eigenvalue weighted by Crippen LogP contribution is 2.41. The molecule has 0 amide bonds. The van der Waals surface area contributed by atoms with Gasteiger partial charge in [0.15, 0.2) is 5.96 Å².